The second kappa shape index (κ2) is 4.60. The van der Waals surface area contributed by atoms with E-state index in [2.05, 4.69) is 52.0 Å². The summed E-state index contributed by atoms with van der Waals surface area (Å²) in [5, 5.41) is 0. The van der Waals surface area contributed by atoms with Gasteiger partial charge in [-0.05, 0) is 42.2 Å². The summed E-state index contributed by atoms with van der Waals surface area (Å²) in [7, 11) is 0. The average molecular weight is 278 g/mol. The molecule has 0 saturated heterocycles. The highest BCUT2D eigenvalue weighted by Gasteiger charge is 2.41. The Morgan fingerprint density at radius 1 is 0.667 bits per heavy atom. The van der Waals surface area contributed by atoms with Crippen molar-refractivity contribution < 1.29 is 0 Å². The zero-order valence-electron chi connectivity index (χ0n) is 13.7. The van der Waals surface area contributed by atoms with Crippen LogP contribution >= 0.6 is 0 Å². The lowest BCUT2D eigenvalue weighted by atomic mass is 9.62. The van der Waals surface area contributed by atoms with Crippen LogP contribution in [-0.2, 0) is 0 Å². The molecule has 4 unspecified atom stereocenters. The number of hydrogen-bond donors (Lipinski definition) is 0. The van der Waals surface area contributed by atoms with Crippen molar-refractivity contribution in [1.29, 1.82) is 0 Å². The highest BCUT2D eigenvalue weighted by atomic mass is 14.5. The summed E-state index contributed by atoms with van der Waals surface area (Å²) in [5.74, 6) is 2.55. The largest absolute Gasteiger partial charge is 0.0635 e. The number of allylic oxidation sites excluding steroid dienone is 4. The minimum Gasteiger partial charge on any atom is -0.0635 e. The molecule has 3 aliphatic rings. The Hall–Kier alpha value is -1.30. The minimum absolute atomic E-state index is 0.597. The average Bonchev–Trinajstić information content (AvgIpc) is 2.98. The Labute approximate surface area is 129 Å². The van der Waals surface area contributed by atoms with Gasteiger partial charge in [0.25, 0.3) is 0 Å². The van der Waals surface area contributed by atoms with Crippen LogP contribution in [0.2, 0.25) is 0 Å². The molecule has 4 atom stereocenters. The second-order valence-electron chi connectivity index (χ2n) is 7.33. The van der Waals surface area contributed by atoms with E-state index in [1.807, 2.05) is 0 Å². The van der Waals surface area contributed by atoms with Gasteiger partial charge in [0.2, 0.25) is 0 Å². The van der Waals surface area contributed by atoms with Crippen LogP contribution in [0, 0.1) is 11.8 Å². The van der Waals surface area contributed by atoms with Crippen molar-refractivity contribution in [2.45, 2.75) is 58.8 Å². The number of benzene rings is 1. The second-order valence-corrected chi connectivity index (χ2v) is 7.33. The lowest BCUT2D eigenvalue weighted by Gasteiger charge is -2.43. The van der Waals surface area contributed by atoms with Gasteiger partial charge < -0.3 is 0 Å². The SMILES string of the molecule is CC1C2=C(CCC2)C(C)C2=C1C(C)c1ccccc1C2C. The molecular weight excluding hydrogens is 252 g/mol. The lowest BCUT2D eigenvalue weighted by molar-refractivity contribution is 0.549. The fourth-order valence-electron chi connectivity index (χ4n) is 5.54. The monoisotopic (exact) mass is 278 g/mol. The molecule has 0 fully saturated rings. The topological polar surface area (TPSA) is 0 Å². The molecule has 0 saturated carbocycles. The van der Waals surface area contributed by atoms with Crippen LogP contribution in [-0.4, -0.2) is 0 Å². The quantitative estimate of drug-likeness (QED) is 0.513. The fraction of sp³-hybridized carbons (Fsp3) is 0.524. The molecule has 4 rings (SSSR count). The molecule has 0 amide bonds. The Bertz CT molecular complexity index is 603. The van der Waals surface area contributed by atoms with Gasteiger partial charge in [0.1, 0.15) is 0 Å². The third-order valence-corrected chi connectivity index (χ3v) is 6.48. The maximum Gasteiger partial charge on any atom is 0.00317 e. The van der Waals surface area contributed by atoms with E-state index in [1.165, 1.54) is 19.3 Å². The third-order valence-electron chi connectivity index (χ3n) is 6.48. The summed E-state index contributed by atoms with van der Waals surface area (Å²) >= 11 is 0. The number of hydrogen-bond acceptors (Lipinski definition) is 0. The van der Waals surface area contributed by atoms with E-state index in [1.54, 1.807) is 33.4 Å². The van der Waals surface area contributed by atoms with E-state index in [4.69, 9.17) is 0 Å². The fourth-order valence-corrected chi connectivity index (χ4v) is 5.54. The summed E-state index contributed by atoms with van der Waals surface area (Å²) in [6.07, 6.45) is 4.08. The van der Waals surface area contributed by atoms with Crippen LogP contribution in [0.3, 0.4) is 0 Å². The summed E-state index contributed by atoms with van der Waals surface area (Å²) in [6, 6.07) is 9.14. The van der Waals surface area contributed by atoms with Crippen LogP contribution in [0.5, 0.6) is 0 Å². The minimum atomic E-state index is 0.597. The molecule has 21 heavy (non-hydrogen) atoms. The van der Waals surface area contributed by atoms with Crippen molar-refractivity contribution in [2.24, 2.45) is 11.8 Å². The molecule has 1 aromatic rings. The first-order valence-electron chi connectivity index (χ1n) is 8.65. The van der Waals surface area contributed by atoms with Gasteiger partial charge in [0.05, 0.1) is 0 Å². The van der Waals surface area contributed by atoms with Gasteiger partial charge in [0.15, 0.2) is 0 Å². The van der Waals surface area contributed by atoms with E-state index < -0.39 is 0 Å². The third kappa shape index (κ3) is 1.68. The molecule has 0 heterocycles. The van der Waals surface area contributed by atoms with Crippen molar-refractivity contribution in [3.8, 4) is 0 Å². The molecule has 0 spiro atoms. The van der Waals surface area contributed by atoms with Gasteiger partial charge in [-0.25, -0.2) is 0 Å². The van der Waals surface area contributed by atoms with Gasteiger partial charge in [0, 0.05) is 11.8 Å². The summed E-state index contributed by atoms with van der Waals surface area (Å²) < 4.78 is 0. The Morgan fingerprint density at radius 3 is 1.52 bits per heavy atom. The lowest BCUT2D eigenvalue weighted by Crippen LogP contribution is -2.28. The summed E-state index contributed by atoms with van der Waals surface area (Å²) in [5.41, 5.74) is 10.2. The molecule has 3 aliphatic carbocycles. The van der Waals surface area contributed by atoms with Crippen molar-refractivity contribution in [3.63, 3.8) is 0 Å². The maximum absolute atomic E-state index is 2.47. The number of fused-ring (bicyclic) bond motifs is 1. The van der Waals surface area contributed by atoms with Gasteiger partial charge in [-0.2, -0.15) is 0 Å². The molecule has 1 aromatic carbocycles. The van der Waals surface area contributed by atoms with Crippen LogP contribution in [0.4, 0.5) is 0 Å². The predicted molar refractivity (Wildman–Crippen MR) is 89.5 cm³/mol. The molecule has 0 aromatic heterocycles. The first-order chi connectivity index (χ1) is 10.1. The molecular formula is C21H26. The van der Waals surface area contributed by atoms with E-state index in [0.717, 1.165) is 0 Å². The smallest absolute Gasteiger partial charge is 0.00317 e. The summed E-state index contributed by atoms with van der Waals surface area (Å²) in [4.78, 5) is 0. The van der Waals surface area contributed by atoms with Crippen molar-refractivity contribution in [1.82, 2.24) is 0 Å². The van der Waals surface area contributed by atoms with Gasteiger partial charge >= 0.3 is 0 Å². The molecule has 0 aliphatic heterocycles. The van der Waals surface area contributed by atoms with Crippen molar-refractivity contribution in [3.05, 3.63) is 57.7 Å². The zero-order valence-corrected chi connectivity index (χ0v) is 13.7. The molecule has 0 N–H and O–H groups in total. The number of rotatable bonds is 0. The highest BCUT2D eigenvalue weighted by molar-refractivity contribution is 5.55. The molecule has 0 radical (unpaired) electrons. The highest BCUT2D eigenvalue weighted by Crippen LogP contribution is 2.56. The van der Waals surface area contributed by atoms with Gasteiger partial charge in [-0.15, -0.1) is 0 Å². The summed E-state index contributed by atoms with van der Waals surface area (Å²) in [6.45, 7) is 9.81. The standard InChI is InChI=1S/C21H26/c1-12-16-8-5-6-9-17(16)13(2)21-15(4)19-11-7-10-18(19)14(3)20(12)21/h5-6,8-9,12-15H,7,10-11H2,1-4H3. The maximum atomic E-state index is 2.47. The van der Waals surface area contributed by atoms with Gasteiger partial charge in [-0.1, -0.05) is 74.3 Å². The van der Waals surface area contributed by atoms with E-state index in [-0.39, 0.29) is 0 Å². The van der Waals surface area contributed by atoms with Crippen molar-refractivity contribution in [2.75, 3.05) is 0 Å². The first-order valence-corrected chi connectivity index (χ1v) is 8.65. The predicted octanol–water partition coefficient (Wildman–Crippen LogP) is 5.97. The van der Waals surface area contributed by atoms with Crippen LogP contribution in [0.1, 0.15) is 69.9 Å². The first kappa shape index (κ1) is 13.4. The Kier molecular flexibility index (Phi) is 2.93. The van der Waals surface area contributed by atoms with Crippen molar-refractivity contribution >= 4 is 0 Å². The van der Waals surface area contributed by atoms with E-state index in [0.29, 0.717) is 23.7 Å². The van der Waals surface area contributed by atoms with E-state index in [9.17, 15) is 0 Å². The zero-order chi connectivity index (χ0) is 14.7. The van der Waals surface area contributed by atoms with Crippen LogP contribution in [0.15, 0.2) is 46.6 Å². The Morgan fingerprint density at radius 2 is 1.10 bits per heavy atom. The molecule has 0 nitrogen and oxygen atoms in total. The van der Waals surface area contributed by atoms with Crippen LogP contribution in [0.25, 0.3) is 0 Å². The molecule has 0 heteroatoms. The normalized spacial score (nSPS) is 34.7. The van der Waals surface area contributed by atoms with Gasteiger partial charge in [-0.3, -0.25) is 0 Å². The van der Waals surface area contributed by atoms with Crippen LogP contribution < -0.4 is 0 Å². The van der Waals surface area contributed by atoms with E-state index >= 15 is 0 Å². The Balaban J connectivity index is 1.90. The molecule has 0 bridgehead atoms. The molecule has 110 valence electrons.